The summed E-state index contributed by atoms with van der Waals surface area (Å²) >= 11 is 0. The third-order valence-corrected chi connectivity index (χ3v) is 4.48. The van der Waals surface area contributed by atoms with E-state index >= 15 is 0 Å². The second-order valence-corrected chi connectivity index (χ2v) is 6.50. The van der Waals surface area contributed by atoms with Crippen LogP contribution in [0.15, 0.2) is 42.5 Å². The molecule has 0 bridgehead atoms. The molecule has 6 heteroatoms. The van der Waals surface area contributed by atoms with Gasteiger partial charge in [0.15, 0.2) is 5.78 Å². The van der Waals surface area contributed by atoms with Crippen molar-refractivity contribution < 1.29 is 9.72 Å². The molecule has 2 aromatic carbocycles. The van der Waals surface area contributed by atoms with Crippen LogP contribution in [-0.2, 0) is 6.42 Å². The minimum Gasteiger partial charge on any atom is -0.378 e. The Morgan fingerprint density at radius 3 is 2.35 bits per heavy atom. The molecule has 0 aliphatic carbocycles. The van der Waals surface area contributed by atoms with Crippen molar-refractivity contribution in [2.45, 2.75) is 26.3 Å². The average Bonchev–Trinajstić information content (AvgIpc) is 2.62. The zero-order valence-electron chi connectivity index (χ0n) is 15.7. The molecule has 1 N–H and O–H groups in total. The molecular weight excluding hydrogens is 330 g/mol. The van der Waals surface area contributed by atoms with E-state index < -0.39 is 4.92 Å². The van der Waals surface area contributed by atoms with E-state index in [4.69, 9.17) is 0 Å². The third kappa shape index (κ3) is 4.67. The number of likely N-dealkylation sites (N-methyl/N-ethyl adjacent to an activating group) is 1. The molecule has 0 radical (unpaired) electrons. The van der Waals surface area contributed by atoms with Crippen LogP contribution in [0.25, 0.3) is 0 Å². The van der Waals surface area contributed by atoms with Crippen LogP contribution in [0.5, 0.6) is 0 Å². The lowest BCUT2D eigenvalue weighted by molar-refractivity contribution is -0.384. The Morgan fingerprint density at radius 2 is 1.85 bits per heavy atom. The Bertz CT molecular complexity index is 785. The lowest BCUT2D eigenvalue weighted by Crippen LogP contribution is -2.27. The second-order valence-electron chi connectivity index (χ2n) is 6.50. The lowest BCUT2D eigenvalue weighted by Gasteiger charge is -2.25. The normalized spacial score (nSPS) is 12.0. The van der Waals surface area contributed by atoms with Gasteiger partial charge in [-0.3, -0.25) is 14.9 Å². The van der Waals surface area contributed by atoms with Crippen molar-refractivity contribution >= 4 is 17.2 Å². The minimum atomic E-state index is -0.463. The van der Waals surface area contributed by atoms with Gasteiger partial charge in [-0.05, 0) is 50.7 Å². The van der Waals surface area contributed by atoms with Crippen LogP contribution >= 0.6 is 0 Å². The molecule has 2 aromatic rings. The van der Waals surface area contributed by atoms with Crippen LogP contribution in [0.4, 0.5) is 11.4 Å². The number of nitrogens with one attached hydrogen (secondary N) is 1. The first kappa shape index (κ1) is 19.6. The van der Waals surface area contributed by atoms with Gasteiger partial charge >= 0.3 is 0 Å². The van der Waals surface area contributed by atoms with Gasteiger partial charge in [0, 0.05) is 18.2 Å². The summed E-state index contributed by atoms with van der Waals surface area (Å²) in [5, 5.41) is 14.5. The smallest absolute Gasteiger partial charge is 0.293 e. The number of nitrogens with zero attached hydrogens (tertiary/aromatic N) is 2. The largest absolute Gasteiger partial charge is 0.378 e. The summed E-state index contributed by atoms with van der Waals surface area (Å²) in [6.45, 7) is 4.02. The number of nitro benzene ring substituents is 1. The van der Waals surface area contributed by atoms with Crippen LogP contribution in [0, 0.1) is 10.1 Å². The molecule has 0 saturated carbocycles. The number of carbonyl (C=O) groups excluding carboxylic acids is 1. The van der Waals surface area contributed by atoms with Gasteiger partial charge in [0.05, 0.1) is 11.0 Å². The van der Waals surface area contributed by atoms with Gasteiger partial charge < -0.3 is 10.2 Å². The van der Waals surface area contributed by atoms with Crippen LogP contribution in [-0.4, -0.2) is 36.2 Å². The maximum absolute atomic E-state index is 11.5. The molecule has 1 atom stereocenters. The molecule has 0 spiro atoms. The molecular formula is C20H25N3O3. The number of rotatable bonds is 8. The summed E-state index contributed by atoms with van der Waals surface area (Å²) in [4.78, 5) is 24.4. The SMILES string of the molecule is CCc1ccc(C(CNc2ccc(C(C)=O)cc2[N+](=O)[O-])N(C)C)cc1. The van der Waals surface area contributed by atoms with Gasteiger partial charge in [0.2, 0.25) is 0 Å². The lowest BCUT2D eigenvalue weighted by atomic mass is 10.0. The molecule has 0 aromatic heterocycles. The van der Waals surface area contributed by atoms with E-state index in [0.29, 0.717) is 17.8 Å². The topological polar surface area (TPSA) is 75.5 Å². The van der Waals surface area contributed by atoms with Crippen molar-refractivity contribution in [2.24, 2.45) is 0 Å². The van der Waals surface area contributed by atoms with Gasteiger partial charge in [0.1, 0.15) is 5.69 Å². The summed E-state index contributed by atoms with van der Waals surface area (Å²) in [5.74, 6) is -0.193. The first-order valence-corrected chi connectivity index (χ1v) is 8.62. The number of anilines is 1. The predicted molar refractivity (Wildman–Crippen MR) is 104 cm³/mol. The fourth-order valence-electron chi connectivity index (χ4n) is 2.83. The molecule has 0 amide bonds. The summed E-state index contributed by atoms with van der Waals surface area (Å²) in [6, 6.07) is 13.0. The van der Waals surface area contributed by atoms with Crippen molar-refractivity contribution in [3.8, 4) is 0 Å². The van der Waals surface area contributed by atoms with Crippen LogP contribution < -0.4 is 5.32 Å². The van der Waals surface area contributed by atoms with Crippen molar-refractivity contribution in [2.75, 3.05) is 26.0 Å². The van der Waals surface area contributed by atoms with Gasteiger partial charge in [-0.2, -0.15) is 0 Å². The van der Waals surface area contributed by atoms with Gasteiger partial charge in [-0.1, -0.05) is 31.2 Å². The van der Waals surface area contributed by atoms with Crippen molar-refractivity contribution in [3.05, 3.63) is 69.3 Å². The van der Waals surface area contributed by atoms with Crippen molar-refractivity contribution in [1.29, 1.82) is 0 Å². The summed E-state index contributed by atoms with van der Waals surface area (Å²) < 4.78 is 0. The van der Waals surface area contributed by atoms with E-state index in [9.17, 15) is 14.9 Å². The first-order valence-electron chi connectivity index (χ1n) is 8.62. The van der Waals surface area contributed by atoms with Crippen molar-refractivity contribution in [3.63, 3.8) is 0 Å². The molecule has 6 nitrogen and oxygen atoms in total. The molecule has 2 rings (SSSR count). The van der Waals surface area contributed by atoms with E-state index in [-0.39, 0.29) is 17.5 Å². The Hall–Kier alpha value is -2.73. The summed E-state index contributed by atoms with van der Waals surface area (Å²) in [6.07, 6.45) is 0.986. The van der Waals surface area contributed by atoms with E-state index in [1.807, 2.05) is 14.1 Å². The van der Waals surface area contributed by atoms with Crippen LogP contribution in [0.1, 0.15) is 41.4 Å². The number of hydrogen-bond acceptors (Lipinski definition) is 5. The molecule has 1 unspecified atom stereocenters. The average molecular weight is 355 g/mol. The molecule has 0 aliphatic rings. The fraction of sp³-hybridized carbons (Fsp3) is 0.350. The zero-order valence-corrected chi connectivity index (χ0v) is 15.7. The Balaban J connectivity index is 2.23. The standard InChI is InChI=1S/C20H25N3O3/c1-5-15-6-8-16(9-7-15)20(22(3)4)13-21-18-11-10-17(14(2)24)12-19(18)23(25)26/h6-12,20-21H,5,13H2,1-4H3. The van der Waals surface area contributed by atoms with E-state index in [1.54, 1.807) is 12.1 Å². The number of carbonyl (C=O) groups is 1. The number of nitro groups is 1. The Morgan fingerprint density at radius 1 is 1.19 bits per heavy atom. The monoisotopic (exact) mass is 355 g/mol. The van der Waals surface area contributed by atoms with Crippen LogP contribution in [0.2, 0.25) is 0 Å². The minimum absolute atomic E-state index is 0.0630. The highest BCUT2D eigenvalue weighted by atomic mass is 16.6. The predicted octanol–water partition coefficient (Wildman–Crippen LogP) is 4.07. The van der Waals surface area contributed by atoms with Crippen LogP contribution in [0.3, 0.4) is 0 Å². The first-order chi connectivity index (χ1) is 12.3. The van der Waals surface area contributed by atoms with Gasteiger partial charge in [0.25, 0.3) is 5.69 Å². The van der Waals surface area contributed by atoms with Gasteiger partial charge in [-0.25, -0.2) is 0 Å². The zero-order chi connectivity index (χ0) is 19.3. The Labute approximate surface area is 154 Å². The van der Waals surface area contributed by atoms with E-state index in [2.05, 4.69) is 41.4 Å². The van der Waals surface area contributed by atoms with E-state index in [0.717, 1.165) is 12.0 Å². The van der Waals surface area contributed by atoms with Crippen molar-refractivity contribution in [1.82, 2.24) is 4.90 Å². The summed E-state index contributed by atoms with van der Waals surface area (Å²) in [5.41, 5.74) is 3.08. The Kier molecular flexibility index (Phi) is 6.46. The second kappa shape index (κ2) is 8.58. The number of ketones is 1. The quantitative estimate of drug-likeness (QED) is 0.439. The van der Waals surface area contributed by atoms with Gasteiger partial charge in [-0.15, -0.1) is 0 Å². The third-order valence-electron chi connectivity index (χ3n) is 4.48. The number of Topliss-reactive ketones (excluding diaryl/α,β-unsaturated/α-hetero) is 1. The fourth-order valence-corrected chi connectivity index (χ4v) is 2.83. The maximum Gasteiger partial charge on any atom is 0.293 e. The molecule has 0 saturated heterocycles. The molecule has 0 heterocycles. The number of benzene rings is 2. The maximum atomic E-state index is 11.5. The van der Waals surface area contributed by atoms with E-state index in [1.165, 1.54) is 18.6 Å². The highest BCUT2D eigenvalue weighted by Gasteiger charge is 2.19. The highest BCUT2D eigenvalue weighted by molar-refractivity contribution is 5.95. The molecule has 26 heavy (non-hydrogen) atoms. The number of hydrogen-bond donors (Lipinski definition) is 1. The highest BCUT2D eigenvalue weighted by Crippen LogP contribution is 2.27. The number of aryl methyl sites for hydroxylation is 1. The summed E-state index contributed by atoms with van der Waals surface area (Å²) in [7, 11) is 3.96. The molecule has 0 fully saturated rings. The molecule has 0 aliphatic heterocycles. The molecule has 138 valence electrons.